The van der Waals surface area contributed by atoms with Crippen molar-refractivity contribution < 1.29 is 23.8 Å². The number of fused-ring (bicyclic) bond motifs is 1. The van der Waals surface area contributed by atoms with Gasteiger partial charge in [-0.05, 0) is 67.5 Å². The molecule has 2 fully saturated rings. The van der Waals surface area contributed by atoms with Gasteiger partial charge in [-0.15, -0.1) is 0 Å². The maximum atomic E-state index is 13.5. The number of piperidine rings is 1. The Morgan fingerprint density at radius 3 is 2.36 bits per heavy atom. The molecule has 7 heteroatoms. The van der Waals surface area contributed by atoms with Crippen molar-refractivity contribution in [3.05, 3.63) is 59.2 Å². The van der Waals surface area contributed by atoms with Gasteiger partial charge in [-0.25, -0.2) is 4.79 Å². The lowest BCUT2D eigenvalue weighted by molar-refractivity contribution is 0.0550. The maximum absolute atomic E-state index is 13.5. The van der Waals surface area contributed by atoms with Crippen molar-refractivity contribution in [3.63, 3.8) is 0 Å². The minimum atomic E-state index is -0.315. The Morgan fingerprint density at radius 2 is 1.67 bits per heavy atom. The Balaban J connectivity index is 1.21. The number of carbonyl (C=O) groups excluding carboxylic acids is 2. The highest BCUT2D eigenvalue weighted by Gasteiger charge is 2.34. The average Bonchev–Trinajstić information content (AvgIpc) is 3.56. The minimum absolute atomic E-state index is 0.0945. The van der Waals surface area contributed by atoms with E-state index in [1.165, 1.54) is 25.5 Å². The van der Waals surface area contributed by atoms with Crippen LogP contribution in [0.2, 0.25) is 0 Å². The van der Waals surface area contributed by atoms with Crippen molar-refractivity contribution in [1.82, 2.24) is 9.80 Å². The molecule has 0 N–H and O–H groups in total. The first-order valence-corrected chi connectivity index (χ1v) is 11.7. The molecule has 1 amide bonds. The quantitative estimate of drug-likeness (QED) is 0.599. The summed E-state index contributed by atoms with van der Waals surface area (Å²) in [5.41, 5.74) is 2.41. The normalized spacial score (nSPS) is 18.2. The molecule has 0 bridgehead atoms. The van der Waals surface area contributed by atoms with E-state index in [1.807, 2.05) is 42.5 Å². The van der Waals surface area contributed by atoms with Gasteiger partial charge < -0.3 is 19.1 Å². The van der Waals surface area contributed by atoms with Gasteiger partial charge in [-0.1, -0.05) is 12.1 Å². The van der Waals surface area contributed by atoms with E-state index in [-0.39, 0.29) is 24.7 Å². The van der Waals surface area contributed by atoms with Gasteiger partial charge in [0.25, 0.3) is 5.91 Å². The van der Waals surface area contributed by atoms with Gasteiger partial charge in [0.2, 0.25) is 6.79 Å². The summed E-state index contributed by atoms with van der Waals surface area (Å²) < 4.78 is 15.6. The number of likely N-dealkylation sites (tertiary alicyclic amines) is 1. The lowest BCUT2D eigenvalue weighted by Gasteiger charge is -2.39. The molecule has 2 heterocycles. The molecule has 3 aliphatic rings. The van der Waals surface area contributed by atoms with Crippen LogP contribution in [0.5, 0.6) is 11.5 Å². The van der Waals surface area contributed by atoms with Crippen molar-refractivity contribution in [3.8, 4) is 11.5 Å². The van der Waals surface area contributed by atoms with Crippen LogP contribution in [-0.4, -0.2) is 61.3 Å². The molecule has 0 radical (unpaired) electrons. The number of methoxy groups -OCH3 is 1. The predicted octanol–water partition coefficient (Wildman–Crippen LogP) is 3.72. The predicted molar refractivity (Wildman–Crippen MR) is 122 cm³/mol. The molecule has 174 valence electrons. The zero-order valence-electron chi connectivity index (χ0n) is 19.0. The van der Waals surface area contributed by atoms with Gasteiger partial charge in [0.05, 0.1) is 12.7 Å². The molecule has 1 aliphatic carbocycles. The summed E-state index contributed by atoms with van der Waals surface area (Å²) in [6.45, 7) is 3.78. The summed E-state index contributed by atoms with van der Waals surface area (Å²) in [5, 5.41) is 0. The van der Waals surface area contributed by atoms with E-state index < -0.39 is 0 Å². The summed E-state index contributed by atoms with van der Waals surface area (Å²) >= 11 is 0. The molecule has 2 aliphatic heterocycles. The second kappa shape index (κ2) is 9.43. The van der Waals surface area contributed by atoms with E-state index in [9.17, 15) is 9.59 Å². The number of hydrogen-bond donors (Lipinski definition) is 0. The molecule has 1 saturated carbocycles. The van der Waals surface area contributed by atoms with E-state index in [1.54, 1.807) is 0 Å². The highest BCUT2D eigenvalue weighted by molar-refractivity contribution is 5.95. The summed E-state index contributed by atoms with van der Waals surface area (Å²) in [6.07, 6.45) is 4.35. The number of amides is 1. The van der Waals surface area contributed by atoms with Gasteiger partial charge in [0.15, 0.2) is 11.5 Å². The van der Waals surface area contributed by atoms with Gasteiger partial charge >= 0.3 is 5.97 Å². The first kappa shape index (κ1) is 21.8. The molecule has 0 spiro atoms. The van der Waals surface area contributed by atoms with Crippen molar-refractivity contribution in [2.45, 2.75) is 38.3 Å². The molecular formula is C26H30N2O5. The third kappa shape index (κ3) is 4.98. The Kier molecular flexibility index (Phi) is 6.22. The Morgan fingerprint density at radius 1 is 0.970 bits per heavy atom. The van der Waals surface area contributed by atoms with Crippen molar-refractivity contribution in [2.24, 2.45) is 5.92 Å². The van der Waals surface area contributed by atoms with Gasteiger partial charge in [0, 0.05) is 37.8 Å². The smallest absolute Gasteiger partial charge is 0.337 e. The van der Waals surface area contributed by atoms with Gasteiger partial charge in [-0.2, -0.15) is 0 Å². The van der Waals surface area contributed by atoms with E-state index in [0.29, 0.717) is 28.5 Å². The molecule has 0 atom stereocenters. The second-order valence-electron chi connectivity index (χ2n) is 9.16. The highest BCUT2D eigenvalue weighted by Crippen LogP contribution is 2.35. The van der Waals surface area contributed by atoms with Crippen molar-refractivity contribution in [2.75, 3.05) is 33.5 Å². The van der Waals surface area contributed by atoms with Crippen LogP contribution in [0.1, 0.15) is 52.0 Å². The van der Waals surface area contributed by atoms with Crippen LogP contribution in [0.15, 0.2) is 42.5 Å². The number of esters is 1. The summed E-state index contributed by atoms with van der Waals surface area (Å²) in [4.78, 5) is 29.6. The number of rotatable bonds is 7. The van der Waals surface area contributed by atoms with E-state index >= 15 is 0 Å². The monoisotopic (exact) mass is 450 g/mol. The Bertz CT molecular complexity index is 1010. The van der Waals surface area contributed by atoms with E-state index in [0.717, 1.165) is 39.0 Å². The molecular weight excluding hydrogens is 420 g/mol. The van der Waals surface area contributed by atoms with Crippen LogP contribution in [0.25, 0.3) is 0 Å². The average molecular weight is 451 g/mol. The Labute approximate surface area is 194 Å². The fraction of sp³-hybridized carbons (Fsp3) is 0.462. The van der Waals surface area contributed by atoms with Gasteiger partial charge in [-0.3, -0.25) is 9.69 Å². The van der Waals surface area contributed by atoms with Crippen LogP contribution < -0.4 is 9.47 Å². The van der Waals surface area contributed by atoms with Gasteiger partial charge in [0.1, 0.15) is 0 Å². The number of nitrogens with zero attached hydrogens (tertiary/aromatic N) is 2. The number of carbonyl (C=O) groups is 2. The third-order valence-corrected chi connectivity index (χ3v) is 6.81. The Hall–Kier alpha value is -3.06. The fourth-order valence-corrected chi connectivity index (χ4v) is 4.68. The van der Waals surface area contributed by atoms with Crippen LogP contribution in [-0.2, 0) is 11.3 Å². The highest BCUT2D eigenvalue weighted by atomic mass is 16.7. The zero-order chi connectivity index (χ0) is 22.8. The third-order valence-electron chi connectivity index (χ3n) is 6.81. The molecule has 33 heavy (non-hydrogen) atoms. The number of ether oxygens (including phenoxy) is 3. The molecule has 0 aromatic heterocycles. The lowest BCUT2D eigenvalue weighted by Crippen LogP contribution is -2.48. The topological polar surface area (TPSA) is 68.3 Å². The SMILES string of the molecule is COC(=O)c1ccc(CN2CCC(N(CC3CC3)C(=O)c3ccc4c(c3)OCO4)CC2)cc1. The van der Waals surface area contributed by atoms with E-state index in [2.05, 4.69) is 9.80 Å². The van der Waals surface area contributed by atoms with Crippen LogP contribution in [0, 0.1) is 5.92 Å². The maximum Gasteiger partial charge on any atom is 0.337 e. The molecule has 5 rings (SSSR count). The second-order valence-corrected chi connectivity index (χ2v) is 9.16. The lowest BCUT2D eigenvalue weighted by atomic mass is 10.0. The summed E-state index contributed by atoms with van der Waals surface area (Å²) in [7, 11) is 1.39. The zero-order valence-corrected chi connectivity index (χ0v) is 19.0. The standard InChI is InChI=1S/C26H30N2O5/c1-31-26(30)20-6-4-18(5-7-20)15-27-12-10-22(11-13-27)28(16-19-2-3-19)25(29)21-8-9-23-24(14-21)33-17-32-23/h4-9,14,19,22H,2-3,10-13,15-17H2,1H3. The summed E-state index contributed by atoms with van der Waals surface area (Å²) in [5.74, 6) is 1.77. The van der Waals surface area contributed by atoms with Crippen LogP contribution >= 0.6 is 0 Å². The fourth-order valence-electron chi connectivity index (χ4n) is 4.68. The number of hydrogen-bond acceptors (Lipinski definition) is 6. The van der Waals surface area contributed by atoms with Crippen LogP contribution in [0.4, 0.5) is 0 Å². The molecule has 1 saturated heterocycles. The molecule has 7 nitrogen and oxygen atoms in total. The van der Waals surface area contributed by atoms with Crippen molar-refractivity contribution in [1.29, 1.82) is 0 Å². The summed E-state index contributed by atoms with van der Waals surface area (Å²) in [6, 6.07) is 13.4. The molecule has 2 aromatic rings. The van der Waals surface area contributed by atoms with E-state index in [4.69, 9.17) is 14.2 Å². The minimum Gasteiger partial charge on any atom is -0.465 e. The molecule has 0 unspecified atom stereocenters. The van der Waals surface area contributed by atoms with Crippen molar-refractivity contribution >= 4 is 11.9 Å². The first-order chi connectivity index (χ1) is 16.1. The number of benzene rings is 2. The first-order valence-electron chi connectivity index (χ1n) is 11.7. The largest absolute Gasteiger partial charge is 0.465 e. The van der Waals surface area contributed by atoms with Crippen LogP contribution in [0.3, 0.4) is 0 Å². The molecule has 2 aromatic carbocycles.